The second-order valence-corrected chi connectivity index (χ2v) is 6.58. The van der Waals surface area contributed by atoms with Crippen LogP contribution in [0.3, 0.4) is 0 Å². The molecule has 3 N–H and O–H groups in total. The number of nitrogens with two attached hydrogens (primary N) is 1. The minimum absolute atomic E-state index is 0.154. The summed E-state index contributed by atoms with van der Waals surface area (Å²) in [5.41, 5.74) is 6.32. The van der Waals surface area contributed by atoms with E-state index in [-0.39, 0.29) is 6.04 Å². The molecule has 3 nitrogen and oxygen atoms in total. The van der Waals surface area contributed by atoms with Gasteiger partial charge in [0.2, 0.25) is 0 Å². The normalized spacial score (nSPS) is 21.4. The number of nitrogens with one attached hydrogen (secondary N) is 1. The van der Waals surface area contributed by atoms with Crippen LogP contribution in [0.25, 0.3) is 0 Å². The third kappa shape index (κ3) is 3.76. The SMILES string of the molecule is CC(CN1CCNCC1)C(N)c1cc(Br)cs1. The van der Waals surface area contributed by atoms with Gasteiger partial charge in [-0.3, -0.25) is 0 Å². The predicted molar refractivity (Wildman–Crippen MR) is 77.4 cm³/mol. The molecule has 1 fully saturated rings. The van der Waals surface area contributed by atoms with Crippen molar-refractivity contribution in [3.05, 3.63) is 20.8 Å². The maximum Gasteiger partial charge on any atom is 0.0428 e. The van der Waals surface area contributed by atoms with Crippen molar-refractivity contribution in [2.75, 3.05) is 32.7 Å². The van der Waals surface area contributed by atoms with Gasteiger partial charge in [-0.2, -0.15) is 0 Å². The topological polar surface area (TPSA) is 41.3 Å². The van der Waals surface area contributed by atoms with Crippen LogP contribution in [0.2, 0.25) is 0 Å². The Hall–Kier alpha value is 0.0600. The summed E-state index contributed by atoms with van der Waals surface area (Å²) in [6.07, 6.45) is 0. The van der Waals surface area contributed by atoms with Crippen molar-refractivity contribution in [2.24, 2.45) is 11.7 Å². The number of nitrogens with zero attached hydrogens (tertiary/aromatic N) is 1. The van der Waals surface area contributed by atoms with E-state index in [4.69, 9.17) is 5.73 Å². The van der Waals surface area contributed by atoms with E-state index in [9.17, 15) is 0 Å². The number of rotatable bonds is 4. The fourth-order valence-corrected chi connectivity index (χ4v) is 3.78. The zero-order valence-electron chi connectivity index (χ0n) is 10.2. The Balaban J connectivity index is 1.88. The standard InChI is InChI=1S/C12H20BrN3S/c1-9(7-16-4-2-15-3-5-16)12(14)11-6-10(13)8-17-11/h6,8-9,12,15H,2-5,7,14H2,1H3. The van der Waals surface area contributed by atoms with E-state index in [1.807, 2.05) is 0 Å². The van der Waals surface area contributed by atoms with Crippen molar-refractivity contribution in [1.29, 1.82) is 0 Å². The smallest absolute Gasteiger partial charge is 0.0428 e. The highest BCUT2D eigenvalue weighted by atomic mass is 79.9. The molecule has 0 amide bonds. The van der Waals surface area contributed by atoms with Gasteiger partial charge < -0.3 is 16.0 Å². The van der Waals surface area contributed by atoms with Gasteiger partial charge in [0.05, 0.1) is 0 Å². The van der Waals surface area contributed by atoms with E-state index >= 15 is 0 Å². The molecule has 0 saturated carbocycles. The molecule has 0 aliphatic carbocycles. The van der Waals surface area contributed by atoms with Crippen molar-refractivity contribution in [1.82, 2.24) is 10.2 Å². The highest BCUT2D eigenvalue weighted by molar-refractivity contribution is 9.10. The molecule has 2 heterocycles. The Bertz CT molecular complexity index is 349. The summed E-state index contributed by atoms with van der Waals surface area (Å²) in [6.45, 7) is 7.84. The van der Waals surface area contributed by atoms with Crippen LogP contribution < -0.4 is 11.1 Å². The Morgan fingerprint density at radius 3 is 2.82 bits per heavy atom. The second-order valence-electron chi connectivity index (χ2n) is 4.72. The lowest BCUT2D eigenvalue weighted by Crippen LogP contribution is -2.46. The molecule has 2 unspecified atom stereocenters. The van der Waals surface area contributed by atoms with Crippen molar-refractivity contribution in [3.63, 3.8) is 0 Å². The lowest BCUT2D eigenvalue weighted by molar-refractivity contribution is 0.200. The van der Waals surface area contributed by atoms with E-state index in [1.165, 1.54) is 4.88 Å². The lowest BCUT2D eigenvalue weighted by Gasteiger charge is -2.31. The summed E-state index contributed by atoms with van der Waals surface area (Å²) in [5, 5.41) is 5.48. The lowest BCUT2D eigenvalue weighted by atomic mass is 10.0. The van der Waals surface area contributed by atoms with Crippen LogP contribution in [0.1, 0.15) is 17.8 Å². The number of halogens is 1. The van der Waals surface area contributed by atoms with Crippen LogP contribution in [-0.4, -0.2) is 37.6 Å². The molecule has 1 saturated heterocycles. The fraction of sp³-hybridized carbons (Fsp3) is 0.667. The first kappa shape index (κ1) is 13.5. The van der Waals surface area contributed by atoms with E-state index in [0.29, 0.717) is 5.92 Å². The maximum absolute atomic E-state index is 6.32. The summed E-state index contributed by atoms with van der Waals surface area (Å²) >= 11 is 5.23. The molecule has 1 aliphatic rings. The summed E-state index contributed by atoms with van der Waals surface area (Å²) < 4.78 is 1.14. The third-order valence-electron chi connectivity index (χ3n) is 3.29. The quantitative estimate of drug-likeness (QED) is 0.893. The van der Waals surface area contributed by atoms with Crippen LogP contribution in [-0.2, 0) is 0 Å². The summed E-state index contributed by atoms with van der Waals surface area (Å²) in [4.78, 5) is 3.78. The molecule has 2 rings (SSSR count). The first-order valence-corrected chi connectivity index (χ1v) is 7.76. The highest BCUT2D eigenvalue weighted by Crippen LogP contribution is 2.28. The summed E-state index contributed by atoms with van der Waals surface area (Å²) in [7, 11) is 0. The minimum Gasteiger partial charge on any atom is -0.323 e. The average molecular weight is 318 g/mol. The van der Waals surface area contributed by atoms with Gasteiger partial charge in [0.1, 0.15) is 0 Å². The van der Waals surface area contributed by atoms with Crippen LogP contribution in [0.4, 0.5) is 0 Å². The van der Waals surface area contributed by atoms with Gasteiger partial charge in [0.25, 0.3) is 0 Å². The second kappa shape index (κ2) is 6.29. The molecule has 0 spiro atoms. The summed E-state index contributed by atoms with van der Waals surface area (Å²) in [6, 6.07) is 2.30. The average Bonchev–Trinajstić information content (AvgIpc) is 2.76. The van der Waals surface area contributed by atoms with Gasteiger partial charge in [0, 0.05) is 53.5 Å². The Kier molecular flexibility index (Phi) is 4.99. The van der Waals surface area contributed by atoms with Crippen LogP contribution in [0.5, 0.6) is 0 Å². The fourth-order valence-electron chi connectivity index (χ4n) is 2.20. The molecule has 2 atom stereocenters. The predicted octanol–water partition coefficient (Wildman–Crippen LogP) is 2.05. The molecule has 96 valence electrons. The number of thiophene rings is 1. The highest BCUT2D eigenvalue weighted by Gasteiger charge is 2.20. The van der Waals surface area contributed by atoms with E-state index in [0.717, 1.165) is 37.2 Å². The molecule has 0 bridgehead atoms. The Morgan fingerprint density at radius 2 is 2.24 bits per heavy atom. The largest absolute Gasteiger partial charge is 0.323 e. The van der Waals surface area contributed by atoms with Gasteiger partial charge in [-0.25, -0.2) is 0 Å². The van der Waals surface area contributed by atoms with Gasteiger partial charge in [-0.1, -0.05) is 6.92 Å². The van der Waals surface area contributed by atoms with Gasteiger partial charge in [-0.05, 0) is 27.9 Å². The molecule has 1 aliphatic heterocycles. The van der Waals surface area contributed by atoms with Crippen molar-refractivity contribution >= 4 is 27.3 Å². The molecular weight excluding hydrogens is 298 g/mol. The Labute approximate surface area is 116 Å². The van der Waals surface area contributed by atoms with Crippen molar-refractivity contribution < 1.29 is 0 Å². The molecule has 0 radical (unpaired) electrons. The molecule has 5 heteroatoms. The zero-order valence-corrected chi connectivity index (χ0v) is 12.6. The molecular formula is C12H20BrN3S. The first-order valence-electron chi connectivity index (χ1n) is 6.09. The van der Waals surface area contributed by atoms with Gasteiger partial charge in [-0.15, -0.1) is 11.3 Å². The van der Waals surface area contributed by atoms with E-state index in [2.05, 4.69) is 44.5 Å². The van der Waals surface area contributed by atoms with Gasteiger partial charge >= 0.3 is 0 Å². The zero-order chi connectivity index (χ0) is 12.3. The summed E-state index contributed by atoms with van der Waals surface area (Å²) in [5.74, 6) is 0.499. The van der Waals surface area contributed by atoms with Gasteiger partial charge in [0.15, 0.2) is 0 Å². The first-order chi connectivity index (χ1) is 8.16. The van der Waals surface area contributed by atoms with Crippen LogP contribution in [0, 0.1) is 5.92 Å². The molecule has 1 aromatic heterocycles. The number of hydrogen-bond acceptors (Lipinski definition) is 4. The Morgan fingerprint density at radius 1 is 1.53 bits per heavy atom. The van der Waals surface area contributed by atoms with Crippen molar-refractivity contribution in [3.8, 4) is 0 Å². The monoisotopic (exact) mass is 317 g/mol. The molecule has 0 aromatic carbocycles. The minimum atomic E-state index is 0.154. The van der Waals surface area contributed by atoms with E-state index < -0.39 is 0 Å². The molecule has 17 heavy (non-hydrogen) atoms. The van der Waals surface area contributed by atoms with Crippen LogP contribution >= 0.6 is 27.3 Å². The number of piperazine rings is 1. The van der Waals surface area contributed by atoms with Crippen LogP contribution in [0.15, 0.2) is 15.9 Å². The maximum atomic E-state index is 6.32. The molecule has 1 aromatic rings. The third-order valence-corrected chi connectivity index (χ3v) is 5.08. The van der Waals surface area contributed by atoms with E-state index in [1.54, 1.807) is 11.3 Å². The number of hydrogen-bond donors (Lipinski definition) is 2. The van der Waals surface area contributed by atoms with Crippen molar-refractivity contribution in [2.45, 2.75) is 13.0 Å².